The summed E-state index contributed by atoms with van der Waals surface area (Å²) in [5.74, 6) is 0.413. The van der Waals surface area contributed by atoms with E-state index in [2.05, 4.69) is 15.3 Å². The summed E-state index contributed by atoms with van der Waals surface area (Å²) in [6, 6.07) is 0. The van der Waals surface area contributed by atoms with E-state index in [1.807, 2.05) is 6.92 Å². The van der Waals surface area contributed by atoms with Gasteiger partial charge in [0, 0.05) is 6.42 Å². The lowest BCUT2D eigenvalue weighted by atomic mass is 10.0. The molecule has 21 heavy (non-hydrogen) atoms. The summed E-state index contributed by atoms with van der Waals surface area (Å²) >= 11 is 0. The minimum absolute atomic E-state index is 0.0959. The number of hydrogen-bond donors (Lipinski definition) is 2. The first-order chi connectivity index (χ1) is 10.0. The van der Waals surface area contributed by atoms with Gasteiger partial charge in [-0.3, -0.25) is 9.69 Å². The van der Waals surface area contributed by atoms with Crippen molar-refractivity contribution in [3.63, 3.8) is 0 Å². The number of nitrogens with zero attached hydrogens (tertiary/aromatic N) is 3. The maximum Gasteiger partial charge on any atom is 0.416 e. The van der Waals surface area contributed by atoms with Gasteiger partial charge in [-0.25, -0.2) is 14.8 Å². The normalized spacial score (nSPS) is 24.2. The second-order valence-electron chi connectivity index (χ2n) is 5.16. The van der Waals surface area contributed by atoms with Crippen LogP contribution in [0.25, 0.3) is 0 Å². The van der Waals surface area contributed by atoms with Gasteiger partial charge in [-0.15, -0.1) is 0 Å². The van der Waals surface area contributed by atoms with Crippen molar-refractivity contribution in [3.05, 3.63) is 6.20 Å². The highest BCUT2D eigenvalue weighted by atomic mass is 16.6. The zero-order valence-corrected chi connectivity index (χ0v) is 11.5. The molecular weight excluding hydrogens is 278 g/mol. The van der Waals surface area contributed by atoms with Gasteiger partial charge in [-0.2, -0.15) is 0 Å². The molecule has 0 bridgehead atoms. The van der Waals surface area contributed by atoms with Crippen molar-refractivity contribution < 1.29 is 19.1 Å². The van der Waals surface area contributed by atoms with Crippen LogP contribution < -0.4 is 20.7 Å². The number of carbonyl (C=O) groups excluding carboxylic acids is 2. The van der Waals surface area contributed by atoms with Gasteiger partial charge in [-0.1, -0.05) is 0 Å². The lowest BCUT2D eigenvalue weighted by Crippen LogP contribution is -2.34. The van der Waals surface area contributed by atoms with Crippen molar-refractivity contribution in [2.45, 2.75) is 18.9 Å². The predicted molar refractivity (Wildman–Crippen MR) is 72.1 cm³/mol. The third kappa shape index (κ3) is 2.47. The van der Waals surface area contributed by atoms with Crippen LogP contribution in [0.15, 0.2) is 6.20 Å². The van der Waals surface area contributed by atoms with Crippen molar-refractivity contribution in [1.82, 2.24) is 9.97 Å². The summed E-state index contributed by atoms with van der Waals surface area (Å²) in [5.41, 5.74) is 4.88. The molecule has 0 aromatic carbocycles. The summed E-state index contributed by atoms with van der Waals surface area (Å²) < 4.78 is 10.5. The number of cyclic esters (lactones) is 1. The quantitative estimate of drug-likeness (QED) is 0.796. The minimum atomic E-state index is -0.650. The fourth-order valence-corrected chi connectivity index (χ4v) is 2.30. The van der Waals surface area contributed by atoms with Crippen molar-refractivity contribution in [3.8, 4) is 5.88 Å². The summed E-state index contributed by atoms with van der Waals surface area (Å²) in [6.45, 7) is 2.46. The van der Waals surface area contributed by atoms with E-state index in [-0.39, 0.29) is 24.2 Å². The fraction of sp³-hybridized carbons (Fsp3) is 0.500. The molecule has 1 fully saturated rings. The Morgan fingerprint density at radius 2 is 2.33 bits per heavy atom. The highest BCUT2D eigenvalue weighted by Crippen LogP contribution is 2.31. The number of hydrogen-bond acceptors (Lipinski definition) is 7. The van der Waals surface area contributed by atoms with Gasteiger partial charge in [0.1, 0.15) is 5.60 Å². The first-order valence-corrected chi connectivity index (χ1v) is 6.51. The van der Waals surface area contributed by atoms with Crippen LogP contribution in [-0.2, 0) is 9.53 Å². The third-order valence-electron chi connectivity index (χ3n) is 3.32. The summed E-state index contributed by atoms with van der Waals surface area (Å²) in [6.07, 6.45) is 1.45. The monoisotopic (exact) mass is 293 g/mol. The van der Waals surface area contributed by atoms with Gasteiger partial charge in [0.15, 0.2) is 18.2 Å². The van der Waals surface area contributed by atoms with Gasteiger partial charge in [0.2, 0.25) is 0 Å². The molecule has 3 N–H and O–H groups in total. The molecule has 1 unspecified atom stereocenters. The summed E-state index contributed by atoms with van der Waals surface area (Å²) in [5, 5.41) is 2.55. The van der Waals surface area contributed by atoms with E-state index in [4.69, 9.17) is 15.2 Å². The summed E-state index contributed by atoms with van der Waals surface area (Å²) in [4.78, 5) is 32.9. The standard InChI is InChI=1S/C12H15N5O4/c1-12(2-3-13)6-17(11(19)21-12)7-4-14-10-9(15-7)16-8(18)5-20-10/h4H,2-3,5-6,13H2,1H3,(H,15,16,18). The smallest absolute Gasteiger partial charge is 0.416 e. The molecule has 1 saturated heterocycles. The first-order valence-electron chi connectivity index (χ1n) is 6.51. The highest BCUT2D eigenvalue weighted by Gasteiger charge is 2.42. The molecule has 1 aromatic rings. The number of nitrogens with two attached hydrogens (primary N) is 1. The lowest BCUT2D eigenvalue weighted by molar-refractivity contribution is -0.118. The van der Waals surface area contributed by atoms with E-state index >= 15 is 0 Å². The average Bonchev–Trinajstić information content (AvgIpc) is 2.73. The molecule has 0 spiro atoms. The number of carbonyl (C=O) groups is 2. The Labute approximate surface area is 120 Å². The largest absolute Gasteiger partial charge is 0.465 e. The molecule has 2 aliphatic heterocycles. The van der Waals surface area contributed by atoms with E-state index in [0.29, 0.717) is 25.3 Å². The Morgan fingerprint density at radius 1 is 1.52 bits per heavy atom. The van der Waals surface area contributed by atoms with E-state index < -0.39 is 11.7 Å². The Balaban J connectivity index is 1.86. The van der Waals surface area contributed by atoms with Crippen molar-refractivity contribution in [1.29, 1.82) is 0 Å². The average molecular weight is 293 g/mol. The van der Waals surface area contributed by atoms with Crippen molar-refractivity contribution in [2.75, 3.05) is 29.9 Å². The predicted octanol–water partition coefficient (Wildman–Crippen LogP) is -0.128. The van der Waals surface area contributed by atoms with Crippen LogP contribution >= 0.6 is 0 Å². The van der Waals surface area contributed by atoms with Crippen LogP contribution in [0.1, 0.15) is 13.3 Å². The van der Waals surface area contributed by atoms with E-state index in [1.165, 1.54) is 11.1 Å². The minimum Gasteiger partial charge on any atom is -0.465 e. The zero-order valence-electron chi connectivity index (χ0n) is 11.5. The zero-order chi connectivity index (χ0) is 15.0. The van der Waals surface area contributed by atoms with Crippen molar-refractivity contribution >= 4 is 23.6 Å². The molecule has 9 heteroatoms. The van der Waals surface area contributed by atoms with Crippen LogP contribution in [0, 0.1) is 0 Å². The molecular formula is C12H15N5O4. The Morgan fingerprint density at radius 3 is 3.10 bits per heavy atom. The number of amides is 2. The van der Waals surface area contributed by atoms with Crippen LogP contribution in [0.5, 0.6) is 5.88 Å². The number of anilines is 2. The van der Waals surface area contributed by atoms with Gasteiger partial charge < -0.3 is 20.5 Å². The number of fused-ring (bicyclic) bond motifs is 1. The maximum absolute atomic E-state index is 12.0. The molecule has 2 amide bonds. The van der Waals surface area contributed by atoms with E-state index in [1.54, 1.807) is 0 Å². The summed E-state index contributed by atoms with van der Waals surface area (Å²) in [7, 11) is 0. The first kappa shape index (κ1) is 13.6. The van der Waals surface area contributed by atoms with Gasteiger partial charge in [0.05, 0.1) is 12.7 Å². The van der Waals surface area contributed by atoms with Gasteiger partial charge >= 0.3 is 6.09 Å². The van der Waals surface area contributed by atoms with Crippen LogP contribution in [0.2, 0.25) is 0 Å². The highest BCUT2D eigenvalue weighted by molar-refractivity contribution is 5.94. The molecule has 3 rings (SSSR count). The number of nitrogens with one attached hydrogen (secondary N) is 1. The topological polar surface area (TPSA) is 120 Å². The van der Waals surface area contributed by atoms with Crippen LogP contribution in [0.3, 0.4) is 0 Å². The molecule has 9 nitrogen and oxygen atoms in total. The Kier molecular flexibility index (Phi) is 3.13. The van der Waals surface area contributed by atoms with Crippen molar-refractivity contribution in [2.24, 2.45) is 5.73 Å². The Hall–Kier alpha value is -2.42. The number of ether oxygens (including phenoxy) is 2. The molecule has 112 valence electrons. The van der Waals surface area contributed by atoms with E-state index in [9.17, 15) is 9.59 Å². The van der Waals surface area contributed by atoms with Gasteiger partial charge in [-0.05, 0) is 13.5 Å². The SMILES string of the molecule is CC1(CCN)CN(c2cnc3c(n2)NC(=O)CO3)C(=O)O1. The second-order valence-corrected chi connectivity index (χ2v) is 5.16. The van der Waals surface area contributed by atoms with Gasteiger partial charge in [0.25, 0.3) is 11.8 Å². The molecule has 0 saturated carbocycles. The van der Waals surface area contributed by atoms with E-state index in [0.717, 1.165) is 0 Å². The van der Waals surface area contributed by atoms with Crippen LogP contribution in [-0.4, -0.2) is 47.3 Å². The number of rotatable bonds is 3. The molecule has 2 aliphatic rings. The third-order valence-corrected chi connectivity index (χ3v) is 3.32. The molecule has 1 atom stereocenters. The molecule has 0 aliphatic carbocycles. The fourth-order valence-electron chi connectivity index (χ4n) is 2.30. The second kappa shape index (κ2) is 4.85. The Bertz CT molecular complexity index is 607. The molecule has 1 aromatic heterocycles. The maximum atomic E-state index is 12.0. The lowest BCUT2D eigenvalue weighted by Gasteiger charge is -2.21. The van der Waals surface area contributed by atoms with Crippen LogP contribution in [0.4, 0.5) is 16.4 Å². The molecule has 3 heterocycles. The molecule has 0 radical (unpaired) electrons. The number of aromatic nitrogens is 2.